The number of hydrogen-bond donors (Lipinski definition) is 1. The Morgan fingerprint density at radius 3 is 2.22 bits per heavy atom. The van der Waals surface area contributed by atoms with Crippen LogP contribution in [-0.4, -0.2) is 29.1 Å². The van der Waals surface area contributed by atoms with Gasteiger partial charge in [0.1, 0.15) is 17.5 Å². The third kappa shape index (κ3) is 4.22. The lowest BCUT2D eigenvalue weighted by molar-refractivity contribution is 0.523. The Hall–Kier alpha value is -3.02. The van der Waals surface area contributed by atoms with Gasteiger partial charge in [0.05, 0.1) is 6.20 Å². The van der Waals surface area contributed by atoms with Crippen LogP contribution >= 0.6 is 0 Å². The van der Waals surface area contributed by atoms with Gasteiger partial charge < -0.3 is 10.2 Å². The normalized spacial score (nSPS) is 15.0. The van der Waals surface area contributed by atoms with Crippen LogP contribution in [0, 0.1) is 11.6 Å². The number of anilines is 2. The number of nitrogens with one attached hydrogen (secondary N) is 1. The van der Waals surface area contributed by atoms with Crippen molar-refractivity contribution in [3.05, 3.63) is 72.7 Å². The fourth-order valence-corrected chi connectivity index (χ4v) is 3.42. The highest BCUT2D eigenvalue weighted by molar-refractivity contribution is 5.66. The van der Waals surface area contributed by atoms with E-state index in [1.54, 1.807) is 18.6 Å². The van der Waals surface area contributed by atoms with Crippen molar-refractivity contribution in [2.45, 2.75) is 18.9 Å². The fraction of sp³-hybridized carbons (Fsp3) is 0.238. The number of aromatic nitrogens is 2. The van der Waals surface area contributed by atoms with Gasteiger partial charge in [0.25, 0.3) is 0 Å². The molecule has 3 aromatic rings. The van der Waals surface area contributed by atoms with Crippen molar-refractivity contribution < 1.29 is 8.78 Å². The van der Waals surface area contributed by atoms with Gasteiger partial charge >= 0.3 is 0 Å². The highest BCUT2D eigenvalue weighted by Gasteiger charge is 2.20. The molecule has 4 nitrogen and oxygen atoms in total. The van der Waals surface area contributed by atoms with Crippen LogP contribution in [0.3, 0.4) is 0 Å². The van der Waals surface area contributed by atoms with Crippen LogP contribution in [0.25, 0.3) is 11.1 Å². The topological polar surface area (TPSA) is 41.0 Å². The van der Waals surface area contributed by atoms with Crippen LogP contribution in [0.1, 0.15) is 12.8 Å². The van der Waals surface area contributed by atoms with Gasteiger partial charge in [-0.3, -0.25) is 4.98 Å². The number of benzene rings is 2. The Morgan fingerprint density at radius 1 is 0.889 bits per heavy atom. The second kappa shape index (κ2) is 7.70. The predicted molar refractivity (Wildman–Crippen MR) is 103 cm³/mol. The minimum Gasteiger partial charge on any atom is -0.382 e. The SMILES string of the molecule is Fc1cc(F)cc(-c2ccc(NC3CCN(c4cnccn4)CC3)cc2)c1. The summed E-state index contributed by atoms with van der Waals surface area (Å²) in [5, 5.41) is 3.54. The molecule has 27 heavy (non-hydrogen) atoms. The Bertz CT molecular complexity index is 872. The van der Waals surface area contributed by atoms with E-state index in [1.165, 1.54) is 12.1 Å². The fourth-order valence-electron chi connectivity index (χ4n) is 3.42. The van der Waals surface area contributed by atoms with Crippen LogP contribution in [0.5, 0.6) is 0 Å². The molecule has 0 radical (unpaired) electrons. The predicted octanol–water partition coefficient (Wildman–Crippen LogP) is 4.50. The molecule has 4 rings (SSSR count). The van der Waals surface area contributed by atoms with Gasteiger partial charge in [-0.1, -0.05) is 12.1 Å². The van der Waals surface area contributed by atoms with Gasteiger partial charge in [-0.05, 0) is 48.2 Å². The van der Waals surface area contributed by atoms with Crippen LogP contribution in [0.2, 0.25) is 0 Å². The molecule has 0 aliphatic carbocycles. The minimum absolute atomic E-state index is 0.385. The van der Waals surface area contributed by atoms with Crippen molar-refractivity contribution in [1.29, 1.82) is 0 Å². The standard InChI is InChI=1S/C21H20F2N4/c22-17-11-16(12-18(23)13-17)15-1-3-19(4-2-15)26-20-5-9-27(10-6-20)21-14-24-7-8-25-21/h1-4,7-8,11-14,20,26H,5-6,9-10H2. The van der Waals surface area contributed by atoms with E-state index >= 15 is 0 Å². The van der Waals surface area contributed by atoms with Crippen LogP contribution < -0.4 is 10.2 Å². The van der Waals surface area contributed by atoms with E-state index in [1.807, 2.05) is 24.3 Å². The molecular weight excluding hydrogens is 346 g/mol. The molecule has 6 heteroatoms. The molecule has 138 valence electrons. The quantitative estimate of drug-likeness (QED) is 0.738. The molecule has 0 bridgehead atoms. The molecular formula is C21H20F2N4. The maximum atomic E-state index is 13.4. The summed E-state index contributed by atoms with van der Waals surface area (Å²) in [6, 6.07) is 11.6. The average Bonchev–Trinajstić information content (AvgIpc) is 2.69. The van der Waals surface area contributed by atoms with Crippen molar-refractivity contribution in [2.24, 2.45) is 0 Å². The van der Waals surface area contributed by atoms with Crippen molar-refractivity contribution in [3.63, 3.8) is 0 Å². The minimum atomic E-state index is -0.568. The van der Waals surface area contributed by atoms with E-state index in [9.17, 15) is 8.78 Å². The lowest BCUT2D eigenvalue weighted by atomic mass is 10.0. The molecule has 0 atom stereocenters. The molecule has 1 aliphatic heterocycles. The first-order chi connectivity index (χ1) is 13.2. The van der Waals surface area contributed by atoms with E-state index in [-0.39, 0.29) is 0 Å². The monoisotopic (exact) mass is 366 g/mol. The lowest BCUT2D eigenvalue weighted by Crippen LogP contribution is -2.39. The molecule has 1 N–H and O–H groups in total. The Kier molecular flexibility index (Phi) is 4.96. The zero-order chi connectivity index (χ0) is 18.6. The first-order valence-corrected chi connectivity index (χ1v) is 9.01. The molecule has 1 aromatic heterocycles. The smallest absolute Gasteiger partial charge is 0.147 e. The average molecular weight is 366 g/mol. The van der Waals surface area contributed by atoms with Crippen molar-refractivity contribution in [2.75, 3.05) is 23.3 Å². The van der Waals surface area contributed by atoms with E-state index in [2.05, 4.69) is 20.2 Å². The Labute approximate surface area is 156 Å². The van der Waals surface area contributed by atoms with Gasteiger partial charge in [0.15, 0.2) is 0 Å². The zero-order valence-corrected chi connectivity index (χ0v) is 14.8. The second-order valence-corrected chi connectivity index (χ2v) is 6.70. The second-order valence-electron chi connectivity index (χ2n) is 6.70. The summed E-state index contributed by atoms with van der Waals surface area (Å²) < 4.78 is 26.8. The Balaban J connectivity index is 1.37. The maximum Gasteiger partial charge on any atom is 0.147 e. The molecule has 0 saturated carbocycles. The summed E-state index contributed by atoms with van der Waals surface area (Å²) in [6.07, 6.45) is 7.20. The summed E-state index contributed by atoms with van der Waals surface area (Å²) in [7, 11) is 0. The van der Waals surface area contributed by atoms with Crippen LogP contribution in [-0.2, 0) is 0 Å². The van der Waals surface area contributed by atoms with Crippen molar-refractivity contribution in [1.82, 2.24) is 9.97 Å². The van der Waals surface area contributed by atoms with Gasteiger partial charge in [0, 0.05) is 43.3 Å². The van der Waals surface area contributed by atoms with E-state index in [0.29, 0.717) is 11.6 Å². The van der Waals surface area contributed by atoms with Gasteiger partial charge in [-0.2, -0.15) is 0 Å². The summed E-state index contributed by atoms with van der Waals surface area (Å²) in [5.41, 5.74) is 2.33. The highest BCUT2D eigenvalue weighted by Crippen LogP contribution is 2.25. The molecule has 0 spiro atoms. The number of piperidine rings is 1. The van der Waals surface area contributed by atoms with Gasteiger partial charge in [0.2, 0.25) is 0 Å². The van der Waals surface area contributed by atoms with E-state index in [0.717, 1.165) is 49.1 Å². The maximum absolute atomic E-state index is 13.4. The van der Waals surface area contributed by atoms with E-state index in [4.69, 9.17) is 0 Å². The van der Waals surface area contributed by atoms with Crippen molar-refractivity contribution in [3.8, 4) is 11.1 Å². The molecule has 0 unspecified atom stereocenters. The summed E-state index contributed by atoms with van der Waals surface area (Å²) in [4.78, 5) is 10.7. The summed E-state index contributed by atoms with van der Waals surface area (Å²) >= 11 is 0. The molecule has 0 amide bonds. The molecule has 2 heterocycles. The van der Waals surface area contributed by atoms with Crippen LogP contribution in [0.4, 0.5) is 20.3 Å². The third-order valence-electron chi connectivity index (χ3n) is 4.82. The molecule has 2 aromatic carbocycles. The first-order valence-electron chi connectivity index (χ1n) is 9.01. The number of halogens is 2. The van der Waals surface area contributed by atoms with Gasteiger partial charge in [-0.25, -0.2) is 13.8 Å². The zero-order valence-electron chi connectivity index (χ0n) is 14.8. The summed E-state index contributed by atoms with van der Waals surface area (Å²) in [5.74, 6) is -0.216. The van der Waals surface area contributed by atoms with E-state index < -0.39 is 11.6 Å². The highest BCUT2D eigenvalue weighted by atomic mass is 19.1. The summed E-state index contributed by atoms with van der Waals surface area (Å²) in [6.45, 7) is 1.86. The van der Waals surface area contributed by atoms with Crippen LogP contribution in [0.15, 0.2) is 61.1 Å². The third-order valence-corrected chi connectivity index (χ3v) is 4.82. The van der Waals surface area contributed by atoms with Crippen molar-refractivity contribution >= 4 is 11.5 Å². The molecule has 1 fully saturated rings. The molecule has 1 aliphatic rings. The lowest BCUT2D eigenvalue weighted by Gasteiger charge is -2.33. The van der Waals surface area contributed by atoms with Gasteiger partial charge in [-0.15, -0.1) is 0 Å². The number of hydrogen-bond acceptors (Lipinski definition) is 4. The number of nitrogens with zero attached hydrogens (tertiary/aromatic N) is 3. The Morgan fingerprint density at radius 2 is 1.59 bits per heavy atom. The number of rotatable bonds is 4. The largest absolute Gasteiger partial charge is 0.382 e. The first kappa shape index (κ1) is 17.4. The molecule has 1 saturated heterocycles.